The average molecular weight is 447 g/mol. The molecule has 1 heterocycles. The number of benzene rings is 1. The van der Waals surface area contributed by atoms with E-state index in [-0.39, 0.29) is 16.5 Å². The first kappa shape index (κ1) is 22.8. The second kappa shape index (κ2) is 10.4. The van der Waals surface area contributed by atoms with Gasteiger partial charge in [-0.15, -0.1) is 0 Å². The number of rotatable bonds is 8. The molecule has 0 aromatic heterocycles. The van der Waals surface area contributed by atoms with Gasteiger partial charge in [-0.1, -0.05) is 30.9 Å². The molecule has 0 amide bonds. The fourth-order valence-corrected chi connectivity index (χ4v) is 5.67. The summed E-state index contributed by atoms with van der Waals surface area (Å²) in [6.07, 6.45) is 5.50. The van der Waals surface area contributed by atoms with E-state index in [2.05, 4.69) is 4.90 Å². The molecular formula is C20H31ClN2O5S. The minimum Gasteiger partial charge on any atom is -0.489 e. The van der Waals surface area contributed by atoms with Gasteiger partial charge in [-0.05, 0) is 38.1 Å². The van der Waals surface area contributed by atoms with Gasteiger partial charge in [-0.3, -0.25) is 0 Å². The highest BCUT2D eigenvalue weighted by molar-refractivity contribution is 7.89. The van der Waals surface area contributed by atoms with Gasteiger partial charge in [-0.2, -0.15) is 4.31 Å². The van der Waals surface area contributed by atoms with E-state index >= 15 is 0 Å². The number of morpholine rings is 1. The molecule has 1 aliphatic heterocycles. The molecule has 1 aromatic carbocycles. The van der Waals surface area contributed by atoms with Gasteiger partial charge in [0.2, 0.25) is 10.0 Å². The van der Waals surface area contributed by atoms with Crippen molar-refractivity contribution in [2.24, 2.45) is 0 Å². The molecule has 7 nitrogen and oxygen atoms in total. The third-order valence-electron chi connectivity index (χ3n) is 5.64. The van der Waals surface area contributed by atoms with E-state index in [0.29, 0.717) is 44.6 Å². The van der Waals surface area contributed by atoms with Gasteiger partial charge in [0.25, 0.3) is 0 Å². The molecule has 1 aromatic rings. The van der Waals surface area contributed by atoms with E-state index in [1.165, 1.54) is 48.5 Å². The Bertz CT molecular complexity index is 764. The van der Waals surface area contributed by atoms with Crippen molar-refractivity contribution in [1.29, 1.82) is 0 Å². The van der Waals surface area contributed by atoms with Gasteiger partial charge < -0.3 is 19.5 Å². The summed E-state index contributed by atoms with van der Waals surface area (Å²) in [6, 6.07) is 4.97. The molecule has 1 saturated carbocycles. The molecule has 0 radical (unpaired) electrons. The molecule has 3 rings (SSSR count). The van der Waals surface area contributed by atoms with Crippen LogP contribution in [-0.2, 0) is 14.8 Å². The summed E-state index contributed by atoms with van der Waals surface area (Å²) < 4.78 is 37.7. The topological polar surface area (TPSA) is 79.3 Å². The molecular weight excluding hydrogens is 416 g/mol. The summed E-state index contributed by atoms with van der Waals surface area (Å²) in [5.41, 5.74) is 0. The standard InChI is InChI=1S/C20H31ClN2O5S/c1-22(16-5-3-2-4-6-16)14-17(24)15-28-20-8-7-18(13-19(20)21)29(25,26)23-9-11-27-12-10-23/h7-8,13,16-17,24H,2-6,9-12,14-15H2,1H3/t17-/m1/s1. The third-order valence-corrected chi connectivity index (χ3v) is 7.83. The Morgan fingerprint density at radius 3 is 2.62 bits per heavy atom. The molecule has 9 heteroatoms. The maximum Gasteiger partial charge on any atom is 0.243 e. The number of ether oxygens (including phenoxy) is 2. The SMILES string of the molecule is CN(C[C@@H](O)COc1ccc(S(=O)(=O)N2CCOCC2)cc1Cl)C1CCCCC1. The summed E-state index contributed by atoms with van der Waals surface area (Å²) in [4.78, 5) is 2.33. The van der Waals surface area contributed by atoms with Crippen LogP contribution >= 0.6 is 11.6 Å². The number of nitrogens with zero attached hydrogens (tertiary/aromatic N) is 2. The van der Waals surface area contributed by atoms with Crippen LogP contribution in [0.5, 0.6) is 5.75 Å². The van der Waals surface area contributed by atoms with Crippen LogP contribution < -0.4 is 4.74 Å². The van der Waals surface area contributed by atoms with E-state index in [1.807, 2.05) is 7.05 Å². The summed E-state index contributed by atoms with van der Waals surface area (Å²) >= 11 is 6.26. The van der Waals surface area contributed by atoms with Gasteiger partial charge in [0.1, 0.15) is 18.5 Å². The van der Waals surface area contributed by atoms with Gasteiger partial charge in [0.05, 0.1) is 23.1 Å². The summed E-state index contributed by atoms with van der Waals surface area (Å²) in [7, 11) is -1.56. The molecule has 0 unspecified atom stereocenters. The fraction of sp³-hybridized carbons (Fsp3) is 0.700. The zero-order valence-corrected chi connectivity index (χ0v) is 18.5. The first-order valence-corrected chi connectivity index (χ1v) is 12.1. The van der Waals surface area contributed by atoms with Crippen molar-refractivity contribution in [3.05, 3.63) is 23.2 Å². The third kappa shape index (κ3) is 6.06. The molecule has 2 fully saturated rings. The number of hydrogen-bond donors (Lipinski definition) is 1. The molecule has 1 atom stereocenters. The zero-order chi connectivity index (χ0) is 20.9. The quantitative estimate of drug-likeness (QED) is 0.660. The maximum atomic E-state index is 12.7. The van der Waals surface area contributed by atoms with Gasteiger partial charge in [0.15, 0.2) is 0 Å². The summed E-state index contributed by atoms with van der Waals surface area (Å²) in [6.45, 7) is 2.08. The lowest BCUT2D eigenvalue weighted by atomic mass is 9.94. The predicted octanol–water partition coefficient (Wildman–Crippen LogP) is 2.37. The largest absolute Gasteiger partial charge is 0.489 e. The lowest BCUT2D eigenvalue weighted by molar-refractivity contribution is 0.0561. The second-order valence-corrected chi connectivity index (χ2v) is 10.2. The van der Waals surface area contributed by atoms with Gasteiger partial charge in [-0.25, -0.2) is 8.42 Å². The molecule has 0 bridgehead atoms. The Balaban J connectivity index is 1.54. The van der Waals surface area contributed by atoms with E-state index in [9.17, 15) is 13.5 Å². The van der Waals surface area contributed by atoms with Crippen LogP contribution in [0.2, 0.25) is 5.02 Å². The van der Waals surface area contributed by atoms with Crippen molar-refractivity contribution in [3.63, 3.8) is 0 Å². The van der Waals surface area contributed by atoms with Crippen molar-refractivity contribution >= 4 is 21.6 Å². The highest BCUT2D eigenvalue weighted by Crippen LogP contribution is 2.29. The summed E-state index contributed by atoms with van der Waals surface area (Å²) in [5, 5.41) is 10.5. The minimum atomic E-state index is -3.60. The average Bonchev–Trinajstić information content (AvgIpc) is 2.74. The molecule has 2 aliphatic rings. The zero-order valence-electron chi connectivity index (χ0n) is 16.9. The van der Waals surface area contributed by atoms with Gasteiger partial charge >= 0.3 is 0 Å². The molecule has 29 heavy (non-hydrogen) atoms. The number of hydrogen-bond acceptors (Lipinski definition) is 6. The second-order valence-electron chi connectivity index (χ2n) is 7.80. The van der Waals surface area contributed by atoms with Crippen molar-refractivity contribution in [3.8, 4) is 5.75 Å². The van der Waals surface area contributed by atoms with Crippen molar-refractivity contribution in [2.75, 3.05) is 46.5 Å². The number of aliphatic hydroxyl groups is 1. The fourth-order valence-electron chi connectivity index (χ4n) is 3.94. The highest BCUT2D eigenvalue weighted by atomic mass is 35.5. The number of aliphatic hydroxyl groups excluding tert-OH is 1. The van der Waals surface area contributed by atoms with E-state index in [4.69, 9.17) is 21.1 Å². The Morgan fingerprint density at radius 2 is 1.97 bits per heavy atom. The van der Waals surface area contributed by atoms with E-state index in [1.54, 1.807) is 6.07 Å². The van der Waals surface area contributed by atoms with Crippen LogP contribution in [-0.4, -0.2) is 81.4 Å². The van der Waals surface area contributed by atoms with Crippen molar-refractivity contribution < 1.29 is 23.0 Å². The predicted molar refractivity (Wildman–Crippen MR) is 112 cm³/mol. The number of likely N-dealkylation sites (N-methyl/N-ethyl adjacent to an activating group) is 1. The molecule has 0 spiro atoms. The van der Waals surface area contributed by atoms with Crippen molar-refractivity contribution in [1.82, 2.24) is 9.21 Å². The van der Waals surface area contributed by atoms with Crippen LogP contribution in [0.3, 0.4) is 0 Å². The van der Waals surface area contributed by atoms with E-state index < -0.39 is 16.1 Å². The number of sulfonamides is 1. The minimum absolute atomic E-state index is 0.104. The first-order chi connectivity index (χ1) is 13.9. The first-order valence-electron chi connectivity index (χ1n) is 10.3. The molecule has 164 valence electrons. The maximum absolute atomic E-state index is 12.7. The van der Waals surface area contributed by atoms with Crippen LogP contribution in [0.4, 0.5) is 0 Å². The van der Waals surface area contributed by atoms with Crippen LogP contribution in [0.15, 0.2) is 23.1 Å². The normalized spacial score (nSPS) is 20.7. The molecule has 1 aliphatic carbocycles. The molecule has 1 saturated heterocycles. The highest BCUT2D eigenvalue weighted by Gasteiger charge is 2.27. The Labute approximate surface area is 178 Å². The Hall–Kier alpha value is -0.900. The lowest BCUT2D eigenvalue weighted by Gasteiger charge is -2.32. The Morgan fingerprint density at radius 1 is 1.28 bits per heavy atom. The summed E-state index contributed by atoms with van der Waals surface area (Å²) in [5.74, 6) is 0.368. The van der Waals surface area contributed by atoms with Gasteiger partial charge in [0, 0.05) is 25.7 Å². The molecule has 1 N–H and O–H groups in total. The number of halogens is 1. The van der Waals surface area contributed by atoms with Crippen LogP contribution in [0, 0.1) is 0 Å². The lowest BCUT2D eigenvalue weighted by Crippen LogP contribution is -2.40. The van der Waals surface area contributed by atoms with Crippen molar-refractivity contribution in [2.45, 2.75) is 49.1 Å². The smallest absolute Gasteiger partial charge is 0.243 e. The van der Waals surface area contributed by atoms with E-state index in [0.717, 1.165) is 0 Å². The van der Waals surface area contributed by atoms with Crippen LogP contribution in [0.25, 0.3) is 0 Å². The Kier molecular flexibility index (Phi) is 8.18. The monoisotopic (exact) mass is 446 g/mol. The van der Waals surface area contributed by atoms with Crippen LogP contribution in [0.1, 0.15) is 32.1 Å².